The Morgan fingerprint density at radius 3 is 2.39 bits per heavy atom. The van der Waals surface area contributed by atoms with Gasteiger partial charge in [0.15, 0.2) is 0 Å². The fraction of sp³-hybridized carbons (Fsp3) is 0.547. The average Bonchev–Trinajstić information content (AvgIpc) is 4.18. The Morgan fingerprint density at radius 2 is 1.68 bits per heavy atom. The van der Waals surface area contributed by atoms with Crippen molar-refractivity contribution in [2.45, 2.75) is 136 Å². The van der Waals surface area contributed by atoms with Crippen molar-refractivity contribution in [3.8, 4) is 28.1 Å². The molecule has 0 bridgehead atoms. The molecule has 4 N–H and O–H groups in total. The smallest absolute Gasteiger partial charge is 0.407 e. The van der Waals surface area contributed by atoms with Crippen molar-refractivity contribution in [1.29, 1.82) is 0 Å². The summed E-state index contributed by atoms with van der Waals surface area (Å²) >= 11 is 0. The number of imidazole rings is 2. The number of carbonyl (C=O) groups is 4. The standard InChI is InChI=1S/C53H68N8O8/c1-9-11-41-30(5)22-43(61(41)50(62)45(28(2)3)58-52(64)66-7)49-54-26-40(56-49)34-14-16-36-35(23-34)27-69-44-25-37-33(24-38(36)44)15-17-39-47(37)57-48(55-39)31(6)60(42-13-10-12-29(42)4)51(63)46(59-53(65)67-8)32-18-20-68-21-19-32/h14-17,23-26,28-32,41-43,45-46H,9-13,18-22,27H2,1-8H3,(H,54,56)(H,55,57)(H,58,64)(H,59,65)/t29-,30+,31+,41+,42+,43+,45?,46+/m1/s1. The number of hydrogen-bond acceptors (Lipinski definition) is 10. The van der Waals surface area contributed by atoms with E-state index in [-0.39, 0.29) is 47.7 Å². The molecule has 3 aromatic carbocycles. The van der Waals surface area contributed by atoms with E-state index in [1.54, 1.807) is 0 Å². The van der Waals surface area contributed by atoms with Gasteiger partial charge in [0.25, 0.3) is 0 Å². The van der Waals surface area contributed by atoms with Gasteiger partial charge in [-0.25, -0.2) is 19.6 Å². The second-order valence-corrected chi connectivity index (χ2v) is 20.1. The molecule has 3 fully saturated rings. The number of nitrogens with zero attached hydrogens (tertiary/aromatic N) is 4. The number of rotatable bonds is 13. The Kier molecular flexibility index (Phi) is 13.9. The number of alkyl carbamates (subject to hydrolysis) is 2. The minimum absolute atomic E-state index is 0.00753. The lowest BCUT2D eigenvalue weighted by Gasteiger charge is -2.40. The SMILES string of the molecule is CCC[C@H]1[C@@H](C)C[C@@H](c2ncc(-c3ccc4c(c3)COc3cc5c(ccc6nc([C@H](C)N(C(=O)[C@@H](NC(=O)OC)C7CCOCC7)[C@H]7CCC[C@H]7C)[nH]c65)cc3-4)[nH]2)N1C(=O)C(NC(=O)OC)C(C)C. The number of benzene rings is 3. The zero-order chi connectivity index (χ0) is 48.7. The van der Waals surface area contributed by atoms with Gasteiger partial charge in [-0.2, -0.15) is 0 Å². The van der Waals surface area contributed by atoms with Crippen LogP contribution in [0.4, 0.5) is 9.59 Å². The van der Waals surface area contributed by atoms with E-state index in [1.165, 1.54) is 14.2 Å². The molecule has 69 heavy (non-hydrogen) atoms. The van der Waals surface area contributed by atoms with Crippen LogP contribution in [0, 0.1) is 23.7 Å². The largest absolute Gasteiger partial charge is 0.488 e. The van der Waals surface area contributed by atoms with Crippen LogP contribution in [0.1, 0.15) is 122 Å². The molecule has 2 aromatic heterocycles. The first kappa shape index (κ1) is 47.9. The van der Waals surface area contributed by atoms with Crippen LogP contribution in [-0.4, -0.2) is 105 Å². The molecule has 5 heterocycles. The summed E-state index contributed by atoms with van der Waals surface area (Å²) in [7, 11) is 2.63. The van der Waals surface area contributed by atoms with E-state index in [0.717, 1.165) is 99.9 Å². The van der Waals surface area contributed by atoms with E-state index in [4.69, 9.17) is 28.9 Å². The van der Waals surface area contributed by atoms with E-state index >= 15 is 0 Å². The molecular weight excluding hydrogens is 877 g/mol. The van der Waals surface area contributed by atoms with Crippen LogP contribution >= 0.6 is 0 Å². The first-order valence-electron chi connectivity index (χ1n) is 25.0. The Hall–Kier alpha value is -6.16. The van der Waals surface area contributed by atoms with Crippen molar-refractivity contribution >= 4 is 45.8 Å². The van der Waals surface area contributed by atoms with Crippen molar-refractivity contribution in [1.82, 2.24) is 40.4 Å². The van der Waals surface area contributed by atoms with Crippen molar-refractivity contribution in [3.05, 3.63) is 65.9 Å². The van der Waals surface area contributed by atoms with Gasteiger partial charge in [0, 0.05) is 36.2 Å². The fourth-order valence-electron chi connectivity index (χ4n) is 11.7. The summed E-state index contributed by atoms with van der Waals surface area (Å²) in [4.78, 5) is 75.4. The third kappa shape index (κ3) is 9.24. The minimum atomic E-state index is -0.745. The fourth-order valence-corrected chi connectivity index (χ4v) is 11.7. The number of carbonyl (C=O) groups excluding carboxylic acids is 4. The maximum Gasteiger partial charge on any atom is 0.407 e. The molecule has 1 saturated carbocycles. The lowest BCUT2D eigenvalue weighted by molar-refractivity contribution is -0.142. The quantitative estimate of drug-likeness (QED) is 0.0884. The zero-order valence-corrected chi connectivity index (χ0v) is 41.2. The van der Waals surface area contributed by atoms with E-state index in [9.17, 15) is 19.2 Å². The van der Waals surface area contributed by atoms with Crippen molar-refractivity contribution in [2.24, 2.45) is 23.7 Å². The number of ether oxygens (including phenoxy) is 4. The van der Waals surface area contributed by atoms with Gasteiger partial charge in [0.1, 0.15) is 36.1 Å². The van der Waals surface area contributed by atoms with Gasteiger partial charge in [0.2, 0.25) is 11.8 Å². The molecule has 368 valence electrons. The lowest BCUT2D eigenvalue weighted by atomic mass is 9.89. The number of nitrogens with one attached hydrogen (secondary N) is 4. The van der Waals surface area contributed by atoms with E-state index in [2.05, 4.69) is 77.8 Å². The van der Waals surface area contributed by atoms with Crippen LogP contribution < -0.4 is 15.4 Å². The van der Waals surface area contributed by atoms with Gasteiger partial charge in [-0.1, -0.05) is 65.7 Å². The summed E-state index contributed by atoms with van der Waals surface area (Å²) in [6.45, 7) is 13.9. The van der Waals surface area contributed by atoms with Crippen LogP contribution in [0.3, 0.4) is 0 Å². The van der Waals surface area contributed by atoms with Gasteiger partial charge in [-0.3, -0.25) is 9.59 Å². The lowest BCUT2D eigenvalue weighted by Crippen LogP contribution is -2.56. The molecule has 16 nitrogen and oxygen atoms in total. The van der Waals surface area contributed by atoms with Crippen LogP contribution in [0.25, 0.3) is 44.2 Å². The number of aromatic nitrogens is 4. The summed E-state index contributed by atoms with van der Waals surface area (Å²) in [5.41, 5.74) is 6.59. The number of fused-ring (bicyclic) bond motifs is 6. The molecule has 1 aliphatic carbocycles. The predicted octanol–water partition coefficient (Wildman–Crippen LogP) is 9.35. The Balaban J connectivity index is 0.989. The first-order chi connectivity index (χ1) is 33.3. The summed E-state index contributed by atoms with van der Waals surface area (Å²) in [5, 5.41) is 7.69. The van der Waals surface area contributed by atoms with E-state index in [0.29, 0.717) is 44.4 Å². The minimum Gasteiger partial charge on any atom is -0.488 e. The average molecular weight is 945 g/mol. The van der Waals surface area contributed by atoms with Crippen molar-refractivity contribution in [3.63, 3.8) is 0 Å². The number of hydrogen-bond donors (Lipinski definition) is 4. The monoisotopic (exact) mass is 945 g/mol. The van der Waals surface area contributed by atoms with Gasteiger partial charge in [-0.15, -0.1) is 0 Å². The Morgan fingerprint density at radius 1 is 0.913 bits per heavy atom. The molecule has 1 unspecified atom stereocenters. The maximum atomic E-state index is 14.9. The van der Waals surface area contributed by atoms with Crippen molar-refractivity contribution < 1.29 is 38.1 Å². The van der Waals surface area contributed by atoms with Crippen LogP contribution in [0.2, 0.25) is 0 Å². The van der Waals surface area contributed by atoms with Gasteiger partial charge in [-0.05, 0) is 115 Å². The number of likely N-dealkylation sites (tertiary alicyclic amines) is 1. The third-order valence-electron chi connectivity index (χ3n) is 15.5. The highest BCUT2D eigenvalue weighted by atomic mass is 16.5. The van der Waals surface area contributed by atoms with Crippen molar-refractivity contribution in [2.75, 3.05) is 27.4 Å². The zero-order valence-electron chi connectivity index (χ0n) is 41.2. The second-order valence-electron chi connectivity index (χ2n) is 20.1. The highest BCUT2D eigenvalue weighted by molar-refractivity contribution is 6.07. The number of aromatic amines is 2. The number of methoxy groups -OCH3 is 2. The molecule has 9 rings (SSSR count). The molecule has 4 aliphatic rings. The highest BCUT2D eigenvalue weighted by Crippen LogP contribution is 2.45. The summed E-state index contributed by atoms with van der Waals surface area (Å²) in [6, 6.07) is 12.6. The molecule has 2 saturated heterocycles. The normalized spacial score (nSPS) is 22.7. The van der Waals surface area contributed by atoms with Gasteiger partial charge < -0.3 is 49.3 Å². The highest BCUT2D eigenvalue weighted by Gasteiger charge is 2.46. The summed E-state index contributed by atoms with van der Waals surface area (Å²) in [5.74, 6) is 2.26. The predicted molar refractivity (Wildman–Crippen MR) is 262 cm³/mol. The molecule has 0 spiro atoms. The molecular formula is C53H68N8O8. The summed E-state index contributed by atoms with van der Waals surface area (Å²) < 4.78 is 22.1. The Bertz CT molecular complexity index is 2710. The molecule has 5 aromatic rings. The second kappa shape index (κ2) is 20.1. The first-order valence-corrected chi connectivity index (χ1v) is 25.0. The van der Waals surface area contributed by atoms with Crippen LogP contribution in [0.15, 0.2) is 48.7 Å². The molecule has 0 radical (unpaired) electrons. The van der Waals surface area contributed by atoms with Gasteiger partial charge in [0.05, 0.1) is 49.2 Å². The van der Waals surface area contributed by atoms with Gasteiger partial charge >= 0.3 is 12.2 Å². The molecule has 16 heteroatoms. The van der Waals surface area contributed by atoms with E-state index in [1.807, 2.05) is 42.8 Å². The molecule has 8 atom stereocenters. The number of H-pyrrole nitrogens is 2. The Labute approximate surface area is 404 Å². The molecule has 3 aliphatic heterocycles. The topological polar surface area (TPSA) is 193 Å². The van der Waals surface area contributed by atoms with Crippen LogP contribution in [-0.2, 0) is 30.4 Å². The number of amides is 4. The molecule has 4 amide bonds. The third-order valence-corrected chi connectivity index (χ3v) is 15.5. The summed E-state index contributed by atoms with van der Waals surface area (Å²) in [6.07, 6.45) is 7.41. The van der Waals surface area contributed by atoms with Crippen LogP contribution in [0.5, 0.6) is 5.75 Å². The van der Waals surface area contributed by atoms with E-state index < -0.39 is 30.3 Å². The maximum absolute atomic E-state index is 14.9.